The van der Waals surface area contributed by atoms with Crippen molar-refractivity contribution in [2.45, 2.75) is 25.7 Å². The zero-order valence-corrected chi connectivity index (χ0v) is 11.1. The van der Waals surface area contributed by atoms with Gasteiger partial charge in [0.1, 0.15) is 0 Å². The second-order valence-electron chi connectivity index (χ2n) is 4.65. The molecule has 3 heteroatoms. The Morgan fingerprint density at radius 2 is 2.00 bits per heavy atom. The van der Waals surface area contributed by atoms with Crippen molar-refractivity contribution in [2.24, 2.45) is 5.92 Å². The molecule has 0 aromatic rings. The van der Waals surface area contributed by atoms with Crippen molar-refractivity contribution < 1.29 is 0 Å². The minimum absolute atomic E-state index is 0.974. The van der Waals surface area contributed by atoms with E-state index in [2.05, 4.69) is 23.5 Å². The maximum Gasteiger partial charge on any atom is 0.0104 e. The van der Waals surface area contributed by atoms with Gasteiger partial charge in [0.25, 0.3) is 0 Å². The number of rotatable bonds is 8. The van der Waals surface area contributed by atoms with Crippen molar-refractivity contribution >= 4 is 11.8 Å². The molecule has 0 atom stereocenters. The van der Waals surface area contributed by atoms with E-state index in [0.717, 1.165) is 12.5 Å². The zero-order valence-electron chi connectivity index (χ0n) is 10.3. The van der Waals surface area contributed by atoms with Gasteiger partial charge in [-0.2, -0.15) is 11.8 Å². The van der Waals surface area contributed by atoms with Crippen molar-refractivity contribution in [1.29, 1.82) is 0 Å². The molecule has 1 fully saturated rings. The molecule has 0 aromatic carbocycles. The summed E-state index contributed by atoms with van der Waals surface area (Å²) in [6.07, 6.45) is 8.00. The molecule has 1 aliphatic carbocycles. The summed E-state index contributed by atoms with van der Waals surface area (Å²) in [6, 6.07) is 0. The topological polar surface area (TPSA) is 15.3 Å². The van der Waals surface area contributed by atoms with Crippen LogP contribution in [-0.2, 0) is 0 Å². The van der Waals surface area contributed by atoms with E-state index in [9.17, 15) is 0 Å². The number of hydrogen-bond acceptors (Lipinski definition) is 3. The normalized spacial score (nSPS) is 17.8. The number of thioether (sulfide) groups is 1. The molecule has 0 aliphatic heterocycles. The first-order valence-electron chi connectivity index (χ1n) is 6.21. The van der Waals surface area contributed by atoms with Crippen LogP contribution in [0, 0.1) is 5.92 Å². The Bertz CT molecular complexity index is 147. The fourth-order valence-electron chi connectivity index (χ4n) is 2.15. The molecular formula is C12H26N2S. The summed E-state index contributed by atoms with van der Waals surface area (Å²) in [6.45, 7) is 4.80. The van der Waals surface area contributed by atoms with Gasteiger partial charge in [-0.15, -0.1) is 0 Å². The molecular weight excluding hydrogens is 204 g/mol. The predicted octanol–water partition coefficient (Wildman–Crippen LogP) is 2.06. The average Bonchev–Trinajstić information content (AvgIpc) is 2.74. The molecule has 90 valence electrons. The summed E-state index contributed by atoms with van der Waals surface area (Å²) >= 11 is 1.93. The van der Waals surface area contributed by atoms with Crippen LogP contribution in [0.15, 0.2) is 0 Å². The van der Waals surface area contributed by atoms with Gasteiger partial charge in [-0.3, -0.25) is 0 Å². The van der Waals surface area contributed by atoms with E-state index >= 15 is 0 Å². The van der Waals surface area contributed by atoms with Crippen LogP contribution >= 0.6 is 11.8 Å². The Balaban J connectivity index is 1.87. The third-order valence-corrected chi connectivity index (χ3v) is 3.85. The van der Waals surface area contributed by atoms with Crippen LogP contribution in [-0.4, -0.2) is 50.1 Å². The van der Waals surface area contributed by atoms with Crippen LogP contribution < -0.4 is 5.32 Å². The first-order valence-corrected chi connectivity index (χ1v) is 7.60. The summed E-state index contributed by atoms with van der Waals surface area (Å²) in [7, 11) is 2.22. The molecule has 15 heavy (non-hydrogen) atoms. The molecule has 1 saturated carbocycles. The molecule has 0 unspecified atom stereocenters. The molecule has 0 spiro atoms. The predicted molar refractivity (Wildman–Crippen MR) is 70.7 cm³/mol. The number of nitrogens with one attached hydrogen (secondary N) is 1. The fraction of sp³-hybridized carbons (Fsp3) is 1.00. The Hall–Kier alpha value is 0.270. The van der Waals surface area contributed by atoms with Gasteiger partial charge in [-0.1, -0.05) is 12.8 Å². The van der Waals surface area contributed by atoms with Crippen LogP contribution in [0.25, 0.3) is 0 Å². The summed E-state index contributed by atoms with van der Waals surface area (Å²) in [5.41, 5.74) is 0. The lowest BCUT2D eigenvalue weighted by Crippen LogP contribution is -2.32. The minimum atomic E-state index is 0.974. The molecule has 2 nitrogen and oxygen atoms in total. The highest BCUT2D eigenvalue weighted by Crippen LogP contribution is 2.23. The molecule has 0 heterocycles. The average molecular weight is 230 g/mol. The van der Waals surface area contributed by atoms with Crippen molar-refractivity contribution in [3.63, 3.8) is 0 Å². The number of hydrogen-bond donors (Lipinski definition) is 1. The highest BCUT2D eigenvalue weighted by Gasteiger charge is 2.13. The summed E-state index contributed by atoms with van der Waals surface area (Å²) < 4.78 is 0. The van der Waals surface area contributed by atoms with Crippen molar-refractivity contribution in [3.8, 4) is 0 Å². The van der Waals surface area contributed by atoms with Crippen molar-refractivity contribution in [2.75, 3.05) is 45.2 Å². The minimum Gasteiger partial charge on any atom is -0.315 e. The summed E-state index contributed by atoms with van der Waals surface area (Å²) in [4.78, 5) is 2.41. The van der Waals surface area contributed by atoms with E-state index in [4.69, 9.17) is 0 Å². The van der Waals surface area contributed by atoms with E-state index < -0.39 is 0 Å². The third-order valence-electron chi connectivity index (χ3n) is 3.26. The lowest BCUT2D eigenvalue weighted by molar-refractivity contribution is 0.345. The largest absolute Gasteiger partial charge is 0.315 e. The smallest absolute Gasteiger partial charge is 0.0104 e. The van der Waals surface area contributed by atoms with Gasteiger partial charge in [0.2, 0.25) is 0 Å². The van der Waals surface area contributed by atoms with Crippen molar-refractivity contribution in [3.05, 3.63) is 0 Å². The molecule has 0 bridgehead atoms. The molecule has 1 N–H and O–H groups in total. The maximum absolute atomic E-state index is 3.59. The Morgan fingerprint density at radius 3 is 2.67 bits per heavy atom. The van der Waals surface area contributed by atoms with Crippen LogP contribution in [0.3, 0.4) is 0 Å². The molecule has 0 radical (unpaired) electrons. The Labute approximate surface area is 99.2 Å². The van der Waals surface area contributed by atoms with Gasteiger partial charge in [0.15, 0.2) is 0 Å². The zero-order chi connectivity index (χ0) is 10.9. The van der Waals surface area contributed by atoms with Crippen molar-refractivity contribution in [1.82, 2.24) is 10.2 Å². The van der Waals surface area contributed by atoms with Crippen LogP contribution in [0.2, 0.25) is 0 Å². The van der Waals surface area contributed by atoms with Gasteiger partial charge >= 0.3 is 0 Å². The quantitative estimate of drug-likeness (QED) is 0.643. The van der Waals surface area contributed by atoms with Gasteiger partial charge in [-0.05, 0) is 38.6 Å². The molecule has 0 amide bonds. The highest BCUT2D eigenvalue weighted by molar-refractivity contribution is 7.98. The standard InChI is InChI=1S/C12H26N2S/c1-14(9-10-15-2)8-7-13-11-12-5-3-4-6-12/h12-13H,3-11H2,1-2H3. The number of likely N-dealkylation sites (N-methyl/N-ethyl adjacent to an activating group) is 1. The third kappa shape index (κ3) is 6.44. The van der Waals surface area contributed by atoms with Gasteiger partial charge in [0, 0.05) is 25.4 Å². The van der Waals surface area contributed by atoms with E-state index in [-0.39, 0.29) is 0 Å². The highest BCUT2D eigenvalue weighted by atomic mass is 32.2. The summed E-state index contributed by atoms with van der Waals surface area (Å²) in [5.74, 6) is 2.22. The fourth-order valence-corrected chi connectivity index (χ4v) is 2.64. The van der Waals surface area contributed by atoms with Crippen LogP contribution in [0.1, 0.15) is 25.7 Å². The monoisotopic (exact) mass is 230 g/mol. The maximum atomic E-state index is 3.59. The van der Waals surface area contributed by atoms with Gasteiger partial charge in [-0.25, -0.2) is 0 Å². The second kappa shape index (κ2) is 8.43. The van der Waals surface area contributed by atoms with Crippen LogP contribution in [0.5, 0.6) is 0 Å². The van der Waals surface area contributed by atoms with E-state index in [0.29, 0.717) is 0 Å². The lowest BCUT2D eigenvalue weighted by atomic mass is 10.1. The second-order valence-corrected chi connectivity index (χ2v) is 5.64. The number of nitrogens with zero attached hydrogens (tertiary/aromatic N) is 1. The molecule has 1 rings (SSSR count). The van der Waals surface area contributed by atoms with E-state index in [1.54, 1.807) is 0 Å². The molecule has 0 aromatic heterocycles. The Kier molecular flexibility index (Phi) is 7.49. The van der Waals surface area contributed by atoms with Crippen LogP contribution in [0.4, 0.5) is 0 Å². The SMILES string of the molecule is CSCCN(C)CCNCC1CCCC1. The molecule has 0 saturated heterocycles. The summed E-state index contributed by atoms with van der Waals surface area (Å²) in [5, 5.41) is 3.59. The van der Waals surface area contributed by atoms with E-state index in [1.807, 2.05) is 11.8 Å². The first kappa shape index (κ1) is 13.3. The Morgan fingerprint density at radius 1 is 1.27 bits per heavy atom. The first-order chi connectivity index (χ1) is 7.33. The van der Waals surface area contributed by atoms with Gasteiger partial charge < -0.3 is 10.2 Å². The lowest BCUT2D eigenvalue weighted by Gasteiger charge is -2.17. The molecule has 1 aliphatic rings. The van der Waals surface area contributed by atoms with Gasteiger partial charge in [0.05, 0.1) is 0 Å². The van der Waals surface area contributed by atoms with E-state index in [1.165, 1.54) is 51.1 Å².